The third kappa shape index (κ3) is 4.06. The maximum absolute atomic E-state index is 11.2. The van der Waals surface area contributed by atoms with E-state index in [0.29, 0.717) is 19.4 Å². The van der Waals surface area contributed by atoms with Crippen molar-refractivity contribution in [1.82, 2.24) is 10.6 Å². The second kappa shape index (κ2) is 5.69. The highest BCUT2D eigenvalue weighted by molar-refractivity contribution is 5.74. The predicted molar refractivity (Wildman–Crippen MR) is 57.2 cm³/mol. The second-order valence-corrected chi connectivity index (χ2v) is 4.17. The van der Waals surface area contributed by atoms with Crippen molar-refractivity contribution < 1.29 is 19.4 Å². The van der Waals surface area contributed by atoms with E-state index in [1.165, 1.54) is 0 Å². The van der Waals surface area contributed by atoms with Gasteiger partial charge in [0.2, 0.25) is 0 Å². The summed E-state index contributed by atoms with van der Waals surface area (Å²) in [6.07, 6.45) is 0.255. The molecule has 0 radical (unpaired) electrons. The Balaban J connectivity index is 2.20. The molecule has 0 aromatic heterocycles. The second-order valence-electron chi connectivity index (χ2n) is 4.17. The standard InChI is InChI=1S/C10H18N2O4/c1-6(2)12-10(15)11-5-7-3-4-8(16-7)9(13)14/h6-8H,3-5H2,1-2H3,(H,13,14)(H2,11,12,15). The molecule has 1 aliphatic rings. The summed E-state index contributed by atoms with van der Waals surface area (Å²) in [5.41, 5.74) is 0. The highest BCUT2D eigenvalue weighted by atomic mass is 16.5. The highest BCUT2D eigenvalue weighted by Gasteiger charge is 2.30. The molecule has 0 aromatic carbocycles. The van der Waals surface area contributed by atoms with Crippen LogP contribution in [-0.2, 0) is 9.53 Å². The molecule has 3 N–H and O–H groups in total. The summed E-state index contributed by atoms with van der Waals surface area (Å²) in [7, 11) is 0. The smallest absolute Gasteiger partial charge is 0.332 e. The Kier molecular flexibility index (Phi) is 4.54. The van der Waals surface area contributed by atoms with Crippen molar-refractivity contribution >= 4 is 12.0 Å². The lowest BCUT2D eigenvalue weighted by atomic mass is 10.2. The molecule has 2 unspecified atom stereocenters. The van der Waals surface area contributed by atoms with Crippen LogP contribution in [0.1, 0.15) is 26.7 Å². The van der Waals surface area contributed by atoms with Crippen LogP contribution in [-0.4, -0.2) is 41.9 Å². The van der Waals surface area contributed by atoms with Gasteiger partial charge in [0.25, 0.3) is 0 Å². The minimum absolute atomic E-state index is 0.0799. The Morgan fingerprint density at radius 3 is 2.62 bits per heavy atom. The van der Waals surface area contributed by atoms with Gasteiger partial charge in [0.1, 0.15) is 0 Å². The summed E-state index contributed by atoms with van der Waals surface area (Å²) in [6.45, 7) is 4.08. The van der Waals surface area contributed by atoms with Crippen molar-refractivity contribution in [1.29, 1.82) is 0 Å². The molecule has 16 heavy (non-hydrogen) atoms. The zero-order valence-corrected chi connectivity index (χ0v) is 9.53. The van der Waals surface area contributed by atoms with E-state index < -0.39 is 12.1 Å². The SMILES string of the molecule is CC(C)NC(=O)NCC1CCC(C(=O)O)O1. The van der Waals surface area contributed by atoms with Crippen LogP contribution in [0.5, 0.6) is 0 Å². The van der Waals surface area contributed by atoms with Crippen LogP contribution in [0.25, 0.3) is 0 Å². The van der Waals surface area contributed by atoms with Gasteiger partial charge in [0.05, 0.1) is 6.10 Å². The molecule has 1 saturated heterocycles. The summed E-state index contributed by atoms with van der Waals surface area (Å²) >= 11 is 0. The van der Waals surface area contributed by atoms with Crippen LogP contribution in [0, 0.1) is 0 Å². The molecule has 6 heteroatoms. The summed E-state index contributed by atoms with van der Waals surface area (Å²) < 4.78 is 5.24. The van der Waals surface area contributed by atoms with Gasteiger partial charge in [-0.1, -0.05) is 0 Å². The Morgan fingerprint density at radius 2 is 2.12 bits per heavy atom. The number of nitrogens with one attached hydrogen (secondary N) is 2. The van der Waals surface area contributed by atoms with Gasteiger partial charge in [0.15, 0.2) is 6.10 Å². The van der Waals surface area contributed by atoms with E-state index in [9.17, 15) is 9.59 Å². The van der Waals surface area contributed by atoms with Crippen LogP contribution < -0.4 is 10.6 Å². The summed E-state index contributed by atoms with van der Waals surface area (Å²) in [5.74, 6) is -0.936. The normalized spacial score (nSPS) is 24.4. The Hall–Kier alpha value is -1.30. The van der Waals surface area contributed by atoms with Gasteiger partial charge in [0, 0.05) is 12.6 Å². The monoisotopic (exact) mass is 230 g/mol. The molecule has 1 heterocycles. The van der Waals surface area contributed by atoms with E-state index in [1.54, 1.807) is 0 Å². The highest BCUT2D eigenvalue weighted by Crippen LogP contribution is 2.18. The number of hydrogen-bond donors (Lipinski definition) is 3. The number of hydrogen-bond acceptors (Lipinski definition) is 3. The molecule has 1 rings (SSSR count). The Morgan fingerprint density at radius 1 is 1.44 bits per heavy atom. The maximum Gasteiger partial charge on any atom is 0.332 e. The van der Waals surface area contributed by atoms with Crippen molar-refractivity contribution in [2.45, 2.75) is 44.9 Å². The first-order valence-electron chi connectivity index (χ1n) is 5.41. The van der Waals surface area contributed by atoms with Gasteiger partial charge in [-0.2, -0.15) is 0 Å². The van der Waals surface area contributed by atoms with E-state index in [1.807, 2.05) is 13.8 Å². The Labute approximate surface area is 94.3 Å². The zero-order chi connectivity index (χ0) is 12.1. The van der Waals surface area contributed by atoms with Crippen molar-refractivity contribution in [3.05, 3.63) is 0 Å². The van der Waals surface area contributed by atoms with E-state index in [4.69, 9.17) is 9.84 Å². The van der Waals surface area contributed by atoms with Gasteiger partial charge >= 0.3 is 12.0 Å². The number of carbonyl (C=O) groups is 2. The number of carbonyl (C=O) groups excluding carboxylic acids is 1. The van der Waals surface area contributed by atoms with Gasteiger partial charge in [-0.25, -0.2) is 9.59 Å². The topological polar surface area (TPSA) is 87.7 Å². The third-order valence-corrected chi connectivity index (χ3v) is 2.29. The van der Waals surface area contributed by atoms with Gasteiger partial charge in [-0.3, -0.25) is 0 Å². The number of urea groups is 1. The van der Waals surface area contributed by atoms with Crippen molar-refractivity contribution in [2.24, 2.45) is 0 Å². The van der Waals surface area contributed by atoms with Crippen LogP contribution in [0.2, 0.25) is 0 Å². The molecule has 0 aliphatic carbocycles. The molecule has 2 amide bonds. The first-order chi connectivity index (χ1) is 7.49. The number of aliphatic carboxylic acids is 1. The fraction of sp³-hybridized carbons (Fsp3) is 0.800. The van der Waals surface area contributed by atoms with Crippen LogP contribution >= 0.6 is 0 Å². The molecular weight excluding hydrogens is 212 g/mol. The minimum atomic E-state index is -0.936. The number of rotatable bonds is 4. The molecule has 1 aliphatic heterocycles. The number of carboxylic acids is 1. The van der Waals surface area contributed by atoms with Gasteiger partial charge < -0.3 is 20.5 Å². The number of amides is 2. The van der Waals surface area contributed by atoms with E-state index in [0.717, 1.165) is 0 Å². The quantitative estimate of drug-likeness (QED) is 0.649. The first kappa shape index (κ1) is 12.8. The fourth-order valence-electron chi connectivity index (χ4n) is 1.56. The summed E-state index contributed by atoms with van der Waals surface area (Å²) in [5, 5.41) is 14.0. The van der Waals surface area contributed by atoms with Crippen molar-refractivity contribution in [3.63, 3.8) is 0 Å². The minimum Gasteiger partial charge on any atom is -0.479 e. The van der Waals surface area contributed by atoms with E-state index in [-0.39, 0.29) is 18.2 Å². The fourth-order valence-corrected chi connectivity index (χ4v) is 1.56. The molecule has 2 atom stereocenters. The van der Waals surface area contributed by atoms with Crippen LogP contribution in [0.15, 0.2) is 0 Å². The number of ether oxygens (including phenoxy) is 1. The molecule has 1 fully saturated rings. The molecule has 92 valence electrons. The van der Waals surface area contributed by atoms with E-state index in [2.05, 4.69) is 10.6 Å². The lowest BCUT2D eigenvalue weighted by Crippen LogP contribution is -2.42. The van der Waals surface area contributed by atoms with E-state index >= 15 is 0 Å². The maximum atomic E-state index is 11.2. The molecule has 6 nitrogen and oxygen atoms in total. The van der Waals surface area contributed by atoms with Gasteiger partial charge in [-0.15, -0.1) is 0 Å². The Bertz CT molecular complexity index is 268. The lowest BCUT2D eigenvalue weighted by molar-refractivity contribution is -0.149. The van der Waals surface area contributed by atoms with Crippen molar-refractivity contribution in [3.8, 4) is 0 Å². The first-order valence-corrected chi connectivity index (χ1v) is 5.41. The average molecular weight is 230 g/mol. The lowest BCUT2D eigenvalue weighted by Gasteiger charge is -2.14. The molecule has 0 saturated carbocycles. The van der Waals surface area contributed by atoms with Crippen LogP contribution in [0.3, 0.4) is 0 Å². The zero-order valence-electron chi connectivity index (χ0n) is 9.53. The largest absolute Gasteiger partial charge is 0.479 e. The molecular formula is C10H18N2O4. The summed E-state index contributed by atoms with van der Waals surface area (Å²) in [6, 6.07) is -0.173. The summed E-state index contributed by atoms with van der Waals surface area (Å²) in [4.78, 5) is 21.8. The molecule has 0 bridgehead atoms. The van der Waals surface area contributed by atoms with Crippen molar-refractivity contribution in [2.75, 3.05) is 6.54 Å². The average Bonchev–Trinajstić information content (AvgIpc) is 2.61. The molecule has 0 aromatic rings. The predicted octanol–water partition coefficient (Wildman–Crippen LogP) is 0.326. The van der Waals surface area contributed by atoms with Crippen LogP contribution in [0.4, 0.5) is 4.79 Å². The molecule has 0 spiro atoms. The third-order valence-electron chi connectivity index (χ3n) is 2.29. The van der Waals surface area contributed by atoms with Gasteiger partial charge in [-0.05, 0) is 26.7 Å². The number of carboxylic acid groups (broad SMARTS) is 1.